The van der Waals surface area contributed by atoms with Crippen molar-refractivity contribution in [1.82, 2.24) is 10.3 Å². The zero-order chi connectivity index (χ0) is 14.8. The molecule has 1 unspecified atom stereocenters. The Bertz CT molecular complexity index is 669. The van der Waals surface area contributed by atoms with Crippen LogP contribution in [-0.4, -0.2) is 24.5 Å². The summed E-state index contributed by atoms with van der Waals surface area (Å²) in [7, 11) is 1.96. The van der Waals surface area contributed by atoms with E-state index in [1.54, 1.807) is 12.3 Å². The average Bonchev–Trinajstić information content (AvgIpc) is 2.53. The van der Waals surface area contributed by atoms with Gasteiger partial charge in [0, 0.05) is 35.7 Å². The molecule has 0 bridgehead atoms. The van der Waals surface area contributed by atoms with Gasteiger partial charge >= 0.3 is 0 Å². The molecule has 1 N–H and O–H groups in total. The van der Waals surface area contributed by atoms with Gasteiger partial charge in [-0.25, -0.2) is 0 Å². The zero-order valence-corrected chi connectivity index (χ0v) is 12.3. The lowest BCUT2D eigenvalue weighted by Gasteiger charge is -2.34. The SMILES string of the molecule is CNC1CCN(C(=O)c2ccnc(C)c2)c2ccccc21. The van der Waals surface area contributed by atoms with Crippen LogP contribution in [0.25, 0.3) is 0 Å². The zero-order valence-electron chi connectivity index (χ0n) is 12.3. The van der Waals surface area contributed by atoms with Crippen LogP contribution in [-0.2, 0) is 0 Å². The van der Waals surface area contributed by atoms with Gasteiger partial charge in [0.1, 0.15) is 0 Å². The van der Waals surface area contributed by atoms with E-state index in [4.69, 9.17) is 0 Å². The van der Waals surface area contributed by atoms with Gasteiger partial charge in [0.25, 0.3) is 5.91 Å². The van der Waals surface area contributed by atoms with Crippen LogP contribution in [0, 0.1) is 6.92 Å². The third-order valence-electron chi connectivity index (χ3n) is 3.98. The monoisotopic (exact) mass is 281 g/mol. The Morgan fingerprint density at radius 3 is 2.90 bits per heavy atom. The lowest BCUT2D eigenvalue weighted by molar-refractivity contribution is 0.0983. The van der Waals surface area contributed by atoms with Gasteiger partial charge in [0.2, 0.25) is 0 Å². The number of aromatic nitrogens is 1. The standard InChI is InChI=1S/C17H19N3O/c1-12-11-13(7-9-19-12)17(21)20-10-8-15(18-2)14-5-3-4-6-16(14)20/h3-7,9,11,15,18H,8,10H2,1-2H3. The fraction of sp³-hybridized carbons (Fsp3) is 0.294. The molecule has 0 saturated carbocycles. The summed E-state index contributed by atoms with van der Waals surface area (Å²) >= 11 is 0. The van der Waals surface area contributed by atoms with Gasteiger partial charge in [0.05, 0.1) is 0 Å². The largest absolute Gasteiger partial charge is 0.313 e. The minimum absolute atomic E-state index is 0.0440. The van der Waals surface area contributed by atoms with Crippen molar-refractivity contribution < 1.29 is 4.79 Å². The van der Waals surface area contributed by atoms with Crippen LogP contribution in [0.15, 0.2) is 42.6 Å². The number of pyridine rings is 1. The van der Waals surface area contributed by atoms with Gasteiger partial charge in [-0.1, -0.05) is 18.2 Å². The number of anilines is 1. The van der Waals surface area contributed by atoms with Gasteiger partial charge in [0.15, 0.2) is 0 Å². The van der Waals surface area contributed by atoms with Crippen molar-refractivity contribution in [2.45, 2.75) is 19.4 Å². The van der Waals surface area contributed by atoms with E-state index in [0.29, 0.717) is 11.6 Å². The number of rotatable bonds is 2. The van der Waals surface area contributed by atoms with E-state index in [1.165, 1.54) is 5.56 Å². The number of carbonyl (C=O) groups is 1. The molecule has 21 heavy (non-hydrogen) atoms. The molecule has 1 aliphatic rings. The Kier molecular flexibility index (Phi) is 3.71. The summed E-state index contributed by atoms with van der Waals surface area (Å²) in [6.07, 6.45) is 2.61. The van der Waals surface area contributed by atoms with Crippen LogP contribution in [0.3, 0.4) is 0 Å². The molecular weight excluding hydrogens is 262 g/mol. The summed E-state index contributed by atoms with van der Waals surface area (Å²) in [6.45, 7) is 2.63. The van der Waals surface area contributed by atoms with Crippen LogP contribution in [0.5, 0.6) is 0 Å². The minimum Gasteiger partial charge on any atom is -0.313 e. The lowest BCUT2D eigenvalue weighted by atomic mass is 9.96. The second-order valence-corrected chi connectivity index (χ2v) is 5.33. The maximum atomic E-state index is 12.8. The number of para-hydroxylation sites is 1. The van der Waals surface area contributed by atoms with E-state index in [-0.39, 0.29) is 5.91 Å². The molecule has 3 rings (SSSR count). The summed E-state index contributed by atoms with van der Waals surface area (Å²) in [5, 5.41) is 3.32. The van der Waals surface area contributed by atoms with Crippen LogP contribution in [0.1, 0.15) is 34.1 Å². The highest BCUT2D eigenvalue weighted by atomic mass is 16.2. The molecule has 1 aromatic heterocycles. The quantitative estimate of drug-likeness (QED) is 0.920. The van der Waals surface area contributed by atoms with Gasteiger partial charge in [-0.2, -0.15) is 0 Å². The Hall–Kier alpha value is -2.20. The second-order valence-electron chi connectivity index (χ2n) is 5.33. The summed E-state index contributed by atoms with van der Waals surface area (Å²) in [4.78, 5) is 18.8. The number of fused-ring (bicyclic) bond motifs is 1. The van der Waals surface area contributed by atoms with Crippen molar-refractivity contribution in [3.05, 3.63) is 59.4 Å². The number of amides is 1. The highest BCUT2D eigenvalue weighted by molar-refractivity contribution is 6.06. The predicted octanol–water partition coefficient (Wildman–Crippen LogP) is 2.70. The minimum atomic E-state index is 0.0440. The molecule has 1 amide bonds. The van der Waals surface area contributed by atoms with Crippen LogP contribution in [0.2, 0.25) is 0 Å². The number of aryl methyl sites for hydroxylation is 1. The summed E-state index contributed by atoms with van der Waals surface area (Å²) in [5.74, 6) is 0.0440. The van der Waals surface area contributed by atoms with Crippen molar-refractivity contribution >= 4 is 11.6 Å². The molecule has 108 valence electrons. The van der Waals surface area contributed by atoms with E-state index >= 15 is 0 Å². The Labute approximate surface area is 124 Å². The molecule has 2 heterocycles. The van der Waals surface area contributed by atoms with Gasteiger partial charge in [-0.05, 0) is 44.2 Å². The molecule has 0 aliphatic carbocycles. The highest BCUT2D eigenvalue weighted by Gasteiger charge is 2.28. The maximum absolute atomic E-state index is 12.8. The van der Waals surface area contributed by atoms with Gasteiger partial charge in [-0.15, -0.1) is 0 Å². The molecule has 1 atom stereocenters. The fourth-order valence-corrected chi connectivity index (χ4v) is 2.91. The number of nitrogens with one attached hydrogen (secondary N) is 1. The first-order valence-electron chi connectivity index (χ1n) is 7.21. The average molecular weight is 281 g/mol. The van der Waals surface area contributed by atoms with E-state index in [2.05, 4.69) is 16.4 Å². The van der Waals surface area contributed by atoms with Crippen molar-refractivity contribution in [2.75, 3.05) is 18.5 Å². The smallest absolute Gasteiger partial charge is 0.258 e. The molecule has 2 aromatic rings. The first-order chi connectivity index (χ1) is 10.2. The molecule has 1 aromatic carbocycles. The van der Waals surface area contributed by atoms with Crippen LogP contribution >= 0.6 is 0 Å². The molecule has 4 nitrogen and oxygen atoms in total. The first-order valence-corrected chi connectivity index (χ1v) is 7.21. The second kappa shape index (κ2) is 5.66. The summed E-state index contributed by atoms with van der Waals surface area (Å²) in [5.41, 5.74) is 3.74. The third kappa shape index (κ3) is 2.54. The molecule has 0 radical (unpaired) electrons. The van der Waals surface area contributed by atoms with Gasteiger partial charge in [-0.3, -0.25) is 9.78 Å². The number of benzene rings is 1. The van der Waals surface area contributed by atoms with E-state index in [1.807, 2.05) is 43.1 Å². The van der Waals surface area contributed by atoms with E-state index < -0.39 is 0 Å². The summed E-state index contributed by atoms with van der Waals surface area (Å²) < 4.78 is 0. The number of nitrogens with zero attached hydrogens (tertiary/aromatic N) is 2. The molecular formula is C17H19N3O. The number of carbonyl (C=O) groups excluding carboxylic acids is 1. The van der Waals surface area contributed by atoms with E-state index in [9.17, 15) is 4.79 Å². The normalized spacial score (nSPS) is 17.4. The molecule has 0 spiro atoms. The molecule has 0 saturated heterocycles. The molecule has 0 fully saturated rings. The Morgan fingerprint density at radius 1 is 1.33 bits per heavy atom. The first kappa shape index (κ1) is 13.8. The Morgan fingerprint density at radius 2 is 2.14 bits per heavy atom. The highest BCUT2D eigenvalue weighted by Crippen LogP contribution is 2.34. The topological polar surface area (TPSA) is 45.2 Å². The fourth-order valence-electron chi connectivity index (χ4n) is 2.91. The van der Waals surface area contributed by atoms with Crippen molar-refractivity contribution in [1.29, 1.82) is 0 Å². The van der Waals surface area contributed by atoms with E-state index in [0.717, 1.165) is 24.3 Å². The molecule has 1 aliphatic heterocycles. The Balaban J connectivity index is 1.98. The number of hydrogen-bond acceptors (Lipinski definition) is 3. The van der Waals surface area contributed by atoms with Gasteiger partial charge < -0.3 is 10.2 Å². The number of hydrogen-bond donors (Lipinski definition) is 1. The van der Waals surface area contributed by atoms with Crippen LogP contribution in [0.4, 0.5) is 5.69 Å². The van der Waals surface area contributed by atoms with Crippen molar-refractivity contribution in [2.24, 2.45) is 0 Å². The maximum Gasteiger partial charge on any atom is 0.258 e. The van der Waals surface area contributed by atoms with Crippen LogP contribution < -0.4 is 10.2 Å². The van der Waals surface area contributed by atoms with Crippen molar-refractivity contribution in [3.8, 4) is 0 Å². The predicted molar refractivity (Wildman–Crippen MR) is 83.5 cm³/mol. The lowest BCUT2D eigenvalue weighted by Crippen LogP contribution is -2.39. The van der Waals surface area contributed by atoms with Crippen molar-refractivity contribution in [3.63, 3.8) is 0 Å². The molecule has 4 heteroatoms. The summed E-state index contributed by atoms with van der Waals surface area (Å²) in [6, 6.07) is 12.0. The third-order valence-corrected chi connectivity index (χ3v) is 3.98.